The van der Waals surface area contributed by atoms with Gasteiger partial charge in [-0.2, -0.15) is 0 Å². The van der Waals surface area contributed by atoms with E-state index in [1.54, 1.807) is 13.0 Å². The second-order valence-corrected chi connectivity index (χ2v) is 9.76. The molecule has 1 aliphatic carbocycles. The van der Waals surface area contributed by atoms with Crippen LogP contribution in [0.3, 0.4) is 0 Å². The second-order valence-electron chi connectivity index (χ2n) is 9.76. The van der Waals surface area contributed by atoms with Crippen molar-refractivity contribution in [3.8, 4) is 11.1 Å². The van der Waals surface area contributed by atoms with Gasteiger partial charge in [0.25, 0.3) is 0 Å². The van der Waals surface area contributed by atoms with E-state index >= 15 is 0 Å². The number of carbonyl (C=O) groups is 1. The molecule has 2 fully saturated rings. The molecule has 2 aliphatic rings. The van der Waals surface area contributed by atoms with E-state index in [9.17, 15) is 9.18 Å². The molecule has 2 aromatic rings. The van der Waals surface area contributed by atoms with Crippen LogP contribution >= 0.6 is 0 Å². The summed E-state index contributed by atoms with van der Waals surface area (Å²) < 4.78 is 19.5. The van der Waals surface area contributed by atoms with Crippen molar-refractivity contribution in [2.45, 2.75) is 52.2 Å². The molecule has 0 spiro atoms. The second kappa shape index (κ2) is 7.93. The number of nitrogens with zero attached hydrogens (tertiary/aromatic N) is 1. The van der Waals surface area contributed by atoms with Crippen molar-refractivity contribution in [1.82, 2.24) is 4.90 Å². The average molecular weight is 411 g/mol. The lowest BCUT2D eigenvalue weighted by Crippen LogP contribution is -2.36. The minimum Gasteiger partial charge on any atom is -0.444 e. The van der Waals surface area contributed by atoms with Crippen molar-refractivity contribution < 1.29 is 13.9 Å². The molecule has 1 heterocycles. The van der Waals surface area contributed by atoms with Crippen molar-refractivity contribution in [3.05, 3.63) is 53.8 Å². The quantitative estimate of drug-likeness (QED) is 0.689. The molecule has 0 radical (unpaired) electrons. The third kappa shape index (κ3) is 4.61. The minimum atomic E-state index is -0.454. The molecule has 1 aliphatic heterocycles. The van der Waals surface area contributed by atoms with Gasteiger partial charge in [-0.25, -0.2) is 9.18 Å². The number of rotatable bonds is 3. The highest BCUT2D eigenvalue weighted by molar-refractivity contribution is 5.69. The molecule has 30 heavy (non-hydrogen) atoms. The van der Waals surface area contributed by atoms with Crippen LogP contribution in [-0.2, 0) is 4.74 Å². The van der Waals surface area contributed by atoms with Gasteiger partial charge in [-0.15, -0.1) is 0 Å². The smallest absolute Gasteiger partial charge is 0.410 e. The number of aryl methyl sites for hydroxylation is 1. The number of anilines is 1. The number of fused-ring (bicyclic) bond motifs is 1. The molecule has 1 amide bonds. The van der Waals surface area contributed by atoms with E-state index in [1.165, 1.54) is 0 Å². The summed E-state index contributed by atoms with van der Waals surface area (Å²) in [5, 5.41) is 3.66. The lowest BCUT2D eigenvalue weighted by molar-refractivity contribution is 0.0280. The fraction of sp³-hybridized carbons (Fsp3) is 0.480. The van der Waals surface area contributed by atoms with Crippen LogP contribution in [-0.4, -0.2) is 35.7 Å². The van der Waals surface area contributed by atoms with Crippen LogP contribution in [0.4, 0.5) is 14.9 Å². The van der Waals surface area contributed by atoms with Crippen molar-refractivity contribution in [2.75, 3.05) is 18.4 Å². The maximum Gasteiger partial charge on any atom is 0.410 e. The zero-order valence-corrected chi connectivity index (χ0v) is 18.2. The molecular formula is C25H31FN2O2. The first-order valence-corrected chi connectivity index (χ1v) is 10.8. The number of amides is 1. The van der Waals surface area contributed by atoms with Crippen molar-refractivity contribution >= 4 is 11.8 Å². The van der Waals surface area contributed by atoms with Crippen molar-refractivity contribution in [1.29, 1.82) is 0 Å². The number of hydrogen-bond acceptors (Lipinski definition) is 3. The monoisotopic (exact) mass is 410 g/mol. The Morgan fingerprint density at radius 3 is 2.37 bits per heavy atom. The first-order chi connectivity index (χ1) is 14.2. The van der Waals surface area contributed by atoms with Gasteiger partial charge in [-0.05, 0) is 87.3 Å². The van der Waals surface area contributed by atoms with Crippen LogP contribution in [0.15, 0.2) is 42.5 Å². The summed E-state index contributed by atoms with van der Waals surface area (Å²) in [6, 6.07) is 13.9. The van der Waals surface area contributed by atoms with Gasteiger partial charge >= 0.3 is 6.09 Å². The highest BCUT2D eigenvalue weighted by Gasteiger charge is 2.43. The van der Waals surface area contributed by atoms with E-state index in [1.807, 2.05) is 49.9 Å². The van der Waals surface area contributed by atoms with Crippen LogP contribution < -0.4 is 5.32 Å². The van der Waals surface area contributed by atoms with Crippen LogP contribution in [0.25, 0.3) is 11.1 Å². The summed E-state index contributed by atoms with van der Waals surface area (Å²) in [5.41, 5.74) is 3.16. The Morgan fingerprint density at radius 2 is 1.73 bits per heavy atom. The van der Waals surface area contributed by atoms with Gasteiger partial charge in [0.05, 0.1) is 0 Å². The largest absolute Gasteiger partial charge is 0.444 e. The molecule has 0 bridgehead atoms. The molecule has 160 valence electrons. The molecule has 1 N–H and O–H groups in total. The lowest BCUT2D eigenvalue weighted by Gasteiger charge is -2.25. The number of benzene rings is 2. The number of likely N-dealkylation sites (tertiary alicyclic amines) is 1. The standard InChI is InChI=1S/C25H31FN2O2/c1-16-8-9-18(13-23(16)26)17-6-5-7-21(10-17)27-22-11-19-14-28(15-20(19)12-22)24(29)30-25(2,3)4/h5-10,13,19-20,22,27H,11-12,14-15H2,1-4H3. The number of hydrogen-bond donors (Lipinski definition) is 1. The highest BCUT2D eigenvalue weighted by Crippen LogP contribution is 2.40. The van der Waals surface area contributed by atoms with E-state index in [0.717, 1.165) is 42.7 Å². The van der Waals surface area contributed by atoms with E-state index < -0.39 is 5.60 Å². The van der Waals surface area contributed by atoms with Crippen molar-refractivity contribution in [3.63, 3.8) is 0 Å². The lowest BCUT2D eigenvalue weighted by atomic mass is 10.0. The third-order valence-corrected chi connectivity index (χ3v) is 6.14. The Bertz CT molecular complexity index is 923. The van der Waals surface area contributed by atoms with Gasteiger partial charge in [0, 0.05) is 24.8 Å². The molecule has 2 aromatic carbocycles. The zero-order valence-electron chi connectivity index (χ0n) is 18.2. The Labute approximate surface area is 178 Å². The summed E-state index contributed by atoms with van der Waals surface area (Å²) in [5.74, 6) is 0.859. The van der Waals surface area contributed by atoms with Crippen LogP contribution in [0.1, 0.15) is 39.2 Å². The van der Waals surface area contributed by atoms with Crippen LogP contribution in [0.5, 0.6) is 0 Å². The summed E-state index contributed by atoms with van der Waals surface area (Å²) >= 11 is 0. The normalized spacial score (nSPS) is 23.4. The maximum atomic E-state index is 14.0. The predicted molar refractivity (Wildman–Crippen MR) is 118 cm³/mol. The van der Waals surface area contributed by atoms with Crippen LogP contribution in [0, 0.1) is 24.6 Å². The Kier molecular flexibility index (Phi) is 5.48. The fourth-order valence-electron chi connectivity index (χ4n) is 4.69. The Balaban J connectivity index is 1.36. The van der Waals surface area contributed by atoms with Crippen molar-refractivity contribution in [2.24, 2.45) is 11.8 Å². The molecule has 4 rings (SSSR count). The molecular weight excluding hydrogens is 379 g/mol. The first-order valence-electron chi connectivity index (χ1n) is 10.8. The first kappa shape index (κ1) is 20.7. The molecule has 4 nitrogen and oxygen atoms in total. The third-order valence-electron chi connectivity index (χ3n) is 6.14. The number of nitrogens with one attached hydrogen (secondary N) is 1. The van der Waals surface area contributed by atoms with Crippen LogP contribution in [0.2, 0.25) is 0 Å². The molecule has 0 aromatic heterocycles. The summed E-state index contributed by atoms with van der Waals surface area (Å²) in [6.45, 7) is 9.04. The Hall–Kier alpha value is -2.56. The maximum absolute atomic E-state index is 14.0. The topological polar surface area (TPSA) is 41.6 Å². The summed E-state index contributed by atoms with van der Waals surface area (Å²) in [4.78, 5) is 14.2. The number of carbonyl (C=O) groups excluding carboxylic acids is 1. The van der Waals surface area contributed by atoms with E-state index in [-0.39, 0.29) is 11.9 Å². The molecule has 2 unspecified atom stereocenters. The van der Waals surface area contributed by atoms with E-state index in [4.69, 9.17) is 4.74 Å². The summed E-state index contributed by atoms with van der Waals surface area (Å²) in [7, 11) is 0. The van der Waals surface area contributed by atoms with E-state index in [2.05, 4.69) is 17.4 Å². The SMILES string of the molecule is Cc1ccc(-c2cccc(NC3CC4CN(C(=O)OC(C)(C)C)CC4C3)c2)cc1F. The molecule has 5 heteroatoms. The van der Waals surface area contributed by atoms with Gasteiger partial charge in [0.15, 0.2) is 0 Å². The van der Waals surface area contributed by atoms with Gasteiger partial charge in [-0.1, -0.05) is 24.3 Å². The van der Waals surface area contributed by atoms with Gasteiger partial charge < -0.3 is 15.0 Å². The number of halogens is 1. The summed E-state index contributed by atoms with van der Waals surface area (Å²) in [6.07, 6.45) is 1.90. The van der Waals surface area contributed by atoms with Gasteiger partial charge in [0.2, 0.25) is 0 Å². The fourth-order valence-corrected chi connectivity index (χ4v) is 4.69. The molecule has 2 atom stereocenters. The zero-order chi connectivity index (χ0) is 21.5. The average Bonchev–Trinajstić information content (AvgIpc) is 3.21. The molecule has 1 saturated heterocycles. The van der Waals surface area contributed by atoms with Gasteiger partial charge in [0.1, 0.15) is 11.4 Å². The predicted octanol–water partition coefficient (Wildman–Crippen LogP) is 5.86. The van der Waals surface area contributed by atoms with E-state index in [0.29, 0.717) is 23.4 Å². The Morgan fingerprint density at radius 1 is 1.07 bits per heavy atom. The van der Waals surface area contributed by atoms with Gasteiger partial charge in [-0.3, -0.25) is 0 Å². The highest BCUT2D eigenvalue weighted by atomic mass is 19.1. The minimum absolute atomic E-state index is 0.177. The molecule has 1 saturated carbocycles. The number of ether oxygens (including phenoxy) is 1.